The highest BCUT2D eigenvalue weighted by molar-refractivity contribution is 7.99. The average molecular weight is 296 g/mol. The van der Waals surface area contributed by atoms with Crippen LogP contribution in [0.25, 0.3) is 0 Å². The number of carboxylic acid groups (broad SMARTS) is 1. The van der Waals surface area contributed by atoms with Gasteiger partial charge in [-0.05, 0) is 31.2 Å². The van der Waals surface area contributed by atoms with Gasteiger partial charge in [0, 0.05) is 17.5 Å². The van der Waals surface area contributed by atoms with Crippen LogP contribution >= 0.6 is 11.8 Å². The molecule has 5 nitrogen and oxygen atoms in total. The Hall–Kier alpha value is -1.43. The van der Waals surface area contributed by atoms with Crippen LogP contribution in [0.1, 0.15) is 36.2 Å². The number of aromatic carboxylic acids is 1. The molecule has 1 fully saturated rings. The molecule has 1 saturated carbocycles. The van der Waals surface area contributed by atoms with E-state index >= 15 is 0 Å². The molecule has 0 aromatic carbocycles. The van der Waals surface area contributed by atoms with Gasteiger partial charge in [0.15, 0.2) is 0 Å². The molecule has 2 atom stereocenters. The predicted octanol–water partition coefficient (Wildman–Crippen LogP) is 1.98. The molecular formula is C14H20N2O3S. The largest absolute Gasteiger partial charge is 0.477 e. The highest BCUT2D eigenvalue weighted by Crippen LogP contribution is 2.27. The van der Waals surface area contributed by atoms with E-state index in [0.29, 0.717) is 5.25 Å². The van der Waals surface area contributed by atoms with Crippen LogP contribution in [0.4, 0.5) is 0 Å². The van der Waals surface area contributed by atoms with Crippen molar-refractivity contribution in [2.24, 2.45) is 0 Å². The minimum Gasteiger partial charge on any atom is -0.477 e. The van der Waals surface area contributed by atoms with Gasteiger partial charge < -0.3 is 15.0 Å². The summed E-state index contributed by atoms with van der Waals surface area (Å²) in [6, 6.07) is 3.35. The number of rotatable bonds is 5. The highest BCUT2D eigenvalue weighted by Gasteiger charge is 2.25. The second kappa shape index (κ2) is 6.83. The van der Waals surface area contributed by atoms with Crippen LogP contribution in [-0.4, -0.2) is 39.1 Å². The number of amides is 1. The lowest BCUT2D eigenvalue weighted by Crippen LogP contribution is -2.45. The second-order valence-electron chi connectivity index (χ2n) is 5.06. The monoisotopic (exact) mass is 296 g/mol. The summed E-state index contributed by atoms with van der Waals surface area (Å²) in [5.74, 6) is -1.13. The van der Waals surface area contributed by atoms with Crippen molar-refractivity contribution in [1.29, 1.82) is 0 Å². The van der Waals surface area contributed by atoms with Crippen molar-refractivity contribution in [2.45, 2.75) is 43.5 Å². The van der Waals surface area contributed by atoms with Gasteiger partial charge in [0.2, 0.25) is 5.91 Å². The topological polar surface area (TPSA) is 71.3 Å². The first-order chi connectivity index (χ1) is 9.61. The third-order valence-electron chi connectivity index (χ3n) is 3.71. The molecule has 0 spiro atoms. The maximum Gasteiger partial charge on any atom is 0.352 e. The third-order valence-corrected chi connectivity index (χ3v) is 4.88. The predicted molar refractivity (Wildman–Crippen MR) is 79.1 cm³/mol. The molecule has 1 aliphatic rings. The van der Waals surface area contributed by atoms with Gasteiger partial charge in [-0.3, -0.25) is 4.79 Å². The standard InChI is InChI=1S/C14H20N2O3S/c1-20-12-7-3-2-5-10(12)15-13(17)9-16-8-4-6-11(16)14(18)19/h4,6,8,10,12H,2-3,5,7,9H2,1H3,(H,15,17)(H,18,19). The normalized spacial score (nSPS) is 22.4. The van der Waals surface area contributed by atoms with Gasteiger partial charge in [0.1, 0.15) is 12.2 Å². The summed E-state index contributed by atoms with van der Waals surface area (Å²) in [6.45, 7) is 0.0617. The Morgan fingerprint density at radius 1 is 1.45 bits per heavy atom. The van der Waals surface area contributed by atoms with Crippen LogP contribution < -0.4 is 5.32 Å². The Balaban J connectivity index is 1.94. The molecule has 0 aliphatic heterocycles. The zero-order valence-corrected chi connectivity index (χ0v) is 12.4. The van der Waals surface area contributed by atoms with E-state index in [1.807, 2.05) is 0 Å². The number of carboxylic acids is 1. The number of hydrogen-bond donors (Lipinski definition) is 2. The fourth-order valence-corrected chi connectivity index (χ4v) is 3.63. The van der Waals surface area contributed by atoms with Gasteiger partial charge in [0.25, 0.3) is 0 Å². The van der Waals surface area contributed by atoms with Crippen molar-refractivity contribution in [3.8, 4) is 0 Å². The summed E-state index contributed by atoms with van der Waals surface area (Å²) in [5.41, 5.74) is 0.144. The highest BCUT2D eigenvalue weighted by atomic mass is 32.2. The molecule has 1 aliphatic carbocycles. The average Bonchev–Trinajstić information content (AvgIpc) is 2.87. The van der Waals surface area contributed by atoms with Crippen LogP contribution in [0.2, 0.25) is 0 Å². The van der Waals surface area contributed by atoms with Crippen molar-refractivity contribution in [3.05, 3.63) is 24.0 Å². The van der Waals surface area contributed by atoms with Crippen LogP contribution in [0, 0.1) is 0 Å². The van der Waals surface area contributed by atoms with Crippen molar-refractivity contribution in [3.63, 3.8) is 0 Å². The number of aromatic nitrogens is 1. The lowest BCUT2D eigenvalue weighted by molar-refractivity contribution is -0.122. The molecule has 1 aromatic heterocycles. The zero-order chi connectivity index (χ0) is 14.5. The van der Waals surface area contributed by atoms with Crippen LogP contribution in [-0.2, 0) is 11.3 Å². The van der Waals surface area contributed by atoms with Gasteiger partial charge in [-0.2, -0.15) is 11.8 Å². The fourth-order valence-electron chi connectivity index (χ4n) is 2.70. The van der Waals surface area contributed by atoms with E-state index in [1.54, 1.807) is 24.0 Å². The maximum absolute atomic E-state index is 12.1. The number of nitrogens with zero attached hydrogens (tertiary/aromatic N) is 1. The van der Waals surface area contributed by atoms with Crippen LogP contribution in [0.5, 0.6) is 0 Å². The molecule has 2 rings (SSSR count). The third kappa shape index (κ3) is 3.56. The van der Waals surface area contributed by atoms with Gasteiger partial charge in [-0.15, -0.1) is 0 Å². The van der Waals surface area contributed by atoms with Crippen LogP contribution in [0.3, 0.4) is 0 Å². The summed E-state index contributed by atoms with van der Waals surface area (Å²) >= 11 is 1.80. The second-order valence-corrected chi connectivity index (χ2v) is 6.14. The van der Waals surface area contributed by atoms with Crippen molar-refractivity contribution in [2.75, 3.05) is 6.26 Å². The van der Waals surface area contributed by atoms with Gasteiger partial charge in [-0.1, -0.05) is 12.8 Å². The number of nitrogens with one attached hydrogen (secondary N) is 1. The number of carbonyl (C=O) groups is 2. The minimum absolute atomic E-state index is 0.0617. The first kappa shape index (κ1) is 15.0. The summed E-state index contributed by atoms with van der Waals surface area (Å²) in [7, 11) is 0. The van der Waals surface area contributed by atoms with Gasteiger partial charge in [-0.25, -0.2) is 4.79 Å². The van der Waals surface area contributed by atoms with Crippen molar-refractivity contribution < 1.29 is 14.7 Å². The Kier molecular flexibility index (Phi) is 5.11. The molecule has 2 N–H and O–H groups in total. The molecule has 1 heterocycles. The van der Waals surface area contributed by atoms with Crippen LogP contribution in [0.15, 0.2) is 18.3 Å². The minimum atomic E-state index is -1.01. The summed E-state index contributed by atoms with van der Waals surface area (Å²) in [5, 5.41) is 12.5. The van der Waals surface area contributed by atoms with Crippen molar-refractivity contribution >= 4 is 23.6 Å². The smallest absolute Gasteiger partial charge is 0.352 e. The first-order valence-corrected chi connectivity index (χ1v) is 8.11. The molecule has 1 amide bonds. The Morgan fingerprint density at radius 2 is 2.20 bits per heavy atom. The molecule has 20 heavy (non-hydrogen) atoms. The maximum atomic E-state index is 12.1. The van der Waals surface area contributed by atoms with E-state index in [2.05, 4.69) is 11.6 Å². The van der Waals surface area contributed by atoms with E-state index in [4.69, 9.17) is 5.11 Å². The first-order valence-electron chi connectivity index (χ1n) is 6.82. The fraction of sp³-hybridized carbons (Fsp3) is 0.571. The molecule has 110 valence electrons. The molecule has 0 bridgehead atoms. The summed E-state index contributed by atoms with van der Waals surface area (Å²) in [4.78, 5) is 23.1. The molecule has 0 radical (unpaired) electrons. The number of hydrogen-bond acceptors (Lipinski definition) is 3. The number of thioether (sulfide) groups is 1. The van der Waals surface area contributed by atoms with E-state index in [-0.39, 0.29) is 24.2 Å². The summed E-state index contributed by atoms with van der Waals surface area (Å²) in [6.07, 6.45) is 8.20. The SMILES string of the molecule is CSC1CCCCC1NC(=O)Cn1cccc1C(=O)O. The zero-order valence-electron chi connectivity index (χ0n) is 11.5. The molecule has 2 unspecified atom stereocenters. The van der Waals surface area contributed by atoms with E-state index < -0.39 is 5.97 Å². The molecule has 0 saturated heterocycles. The van der Waals surface area contributed by atoms with E-state index in [9.17, 15) is 9.59 Å². The molecule has 1 aromatic rings. The summed E-state index contributed by atoms with van der Waals surface area (Å²) < 4.78 is 1.47. The Morgan fingerprint density at radius 3 is 2.90 bits per heavy atom. The van der Waals surface area contributed by atoms with Gasteiger partial charge in [0.05, 0.1) is 0 Å². The van der Waals surface area contributed by atoms with E-state index in [1.165, 1.54) is 17.1 Å². The Bertz CT molecular complexity index is 487. The lowest BCUT2D eigenvalue weighted by atomic mass is 9.95. The van der Waals surface area contributed by atoms with E-state index in [0.717, 1.165) is 19.3 Å². The molecule has 6 heteroatoms. The molecular weight excluding hydrogens is 276 g/mol. The van der Waals surface area contributed by atoms with Gasteiger partial charge >= 0.3 is 5.97 Å². The quantitative estimate of drug-likeness (QED) is 0.871. The Labute approximate surface area is 122 Å². The number of carbonyl (C=O) groups excluding carboxylic acids is 1. The van der Waals surface area contributed by atoms with Crippen molar-refractivity contribution in [1.82, 2.24) is 9.88 Å². The lowest BCUT2D eigenvalue weighted by Gasteiger charge is -2.31.